The Labute approximate surface area is 140 Å². The van der Waals surface area contributed by atoms with E-state index < -0.39 is 28.5 Å². The molecule has 2 unspecified atom stereocenters. The summed E-state index contributed by atoms with van der Waals surface area (Å²) >= 11 is 0. The van der Waals surface area contributed by atoms with Gasteiger partial charge < -0.3 is 15.2 Å². The summed E-state index contributed by atoms with van der Waals surface area (Å²) < 4.78 is 37.1. The van der Waals surface area contributed by atoms with Crippen molar-refractivity contribution in [1.29, 1.82) is 0 Å². The highest BCUT2D eigenvalue weighted by Crippen LogP contribution is 2.22. The Morgan fingerprint density at radius 1 is 1.29 bits per heavy atom. The SMILES string of the molecule is CC1CN(S(=O)(=O)c2cccc(C(=O)OCC(N)=O)c2)CC(C)O1. The fourth-order valence-electron chi connectivity index (χ4n) is 2.48. The number of esters is 1. The number of sulfonamides is 1. The average molecular weight is 356 g/mol. The quantitative estimate of drug-likeness (QED) is 0.750. The molecule has 1 aromatic carbocycles. The lowest BCUT2D eigenvalue weighted by Crippen LogP contribution is -2.48. The molecule has 9 heteroatoms. The van der Waals surface area contributed by atoms with Gasteiger partial charge in [0.05, 0.1) is 22.7 Å². The largest absolute Gasteiger partial charge is 0.452 e. The van der Waals surface area contributed by atoms with Crippen LogP contribution >= 0.6 is 0 Å². The molecule has 0 aromatic heterocycles. The van der Waals surface area contributed by atoms with Crippen molar-refractivity contribution in [1.82, 2.24) is 4.31 Å². The van der Waals surface area contributed by atoms with Gasteiger partial charge in [0.15, 0.2) is 6.61 Å². The number of ether oxygens (including phenoxy) is 2. The number of rotatable bonds is 5. The van der Waals surface area contributed by atoms with Gasteiger partial charge in [-0.25, -0.2) is 13.2 Å². The Balaban J connectivity index is 2.23. The lowest BCUT2D eigenvalue weighted by Gasteiger charge is -2.34. The molecule has 8 nitrogen and oxygen atoms in total. The van der Waals surface area contributed by atoms with Crippen LogP contribution in [0.5, 0.6) is 0 Å². The molecule has 0 aliphatic carbocycles. The van der Waals surface area contributed by atoms with Crippen LogP contribution < -0.4 is 5.73 Å². The Bertz CT molecular complexity index is 723. The normalized spacial score (nSPS) is 22.1. The number of morpholine rings is 1. The molecule has 0 saturated carbocycles. The van der Waals surface area contributed by atoms with Gasteiger partial charge in [0.25, 0.3) is 5.91 Å². The van der Waals surface area contributed by atoms with E-state index in [4.69, 9.17) is 15.2 Å². The summed E-state index contributed by atoms with van der Waals surface area (Å²) in [6, 6.07) is 5.49. The molecule has 1 saturated heterocycles. The van der Waals surface area contributed by atoms with Crippen LogP contribution in [-0.4, -0.2) is 56.5 Å². The molecule has 2 rings (SSSR count). The molecule has 24 heavy (non-hydrogen) atoms. The number of primary amides is 1. The maximum absolute atomic E-state index is 12.8. The monoisotopic (exact) mass is 356 g/mol. The number of amides is 1. The van der Waals surface area contributed by atoms with E-state index in [1.165, 1.54) is 28.6 Å². The number of hydrogen-bond donors (Lipinski definition) is 1. The fraction of sp³-hybridized carbons (Fsp3) is 0.467. The maximum atomic E-state index is 12.8. The van der Waals surface area contributed by atoms with Crippen molar-refractivity contribution in [2.45, 2.75) is 31.0 Å². The molecule has 0 spiro atoms. The van der Waals surface area contributed by atoms with Crippen molar-refractivity contribution in [3.8, 4) is 0 Å². The van der Waals surface area contributed by atoms with Crippen molar-refractivity contribution < 1.29 is 27.5 Å². The molecule has 1 fully saturated rings. The average Bonchev–Trinajstić information content (AvgIpc) is 2.51. The van der Waals surface area contributed by atoms with Crippen molar-refractivity contribution in [3.05, 3.63) is 29.8 Å². The van der Waals surface area contributed by atoms with Crippen LogP contribution in [0, 0.1) is 0 Å². The molecule has 1 aliphatic heterocycles. The molecule has 1 amide bonds. The van der Waals surface area contributed by atoms with E-state index in [1.807, 2.05) is 0 Å². The Morgan fingerprint density at radius 2 is 1.92 bits per heavy atom. The predicted octanol–water partition coefficient (Wildman–Crippen LogP) is 0.127. The number of carbonyl (C=O) groups excluding carboxylic acids is 2. The smallest absolute Gasteiger partial charge is 0.338 e. The van der Waals surface area contributed by atoms with Gasteiger partial charge in [-0.15, -0.1) is 0 Å². The maximum Gasteiger partial charge on any atom is 0.338 e. The van der Waals surface area contributed by atoms with Gasteiger partial charge in [0.2, 0.25) is 10.0 Å². The Morgan fingerprint density at radius 3 is 2.50 bits per heavy atom. The summed E-state index contributed by atoms with van der Waals surface area (Å²) in [7, 11) is -3.76. The zero-order valence-corrected chi connectivity index (χ0v) is 14.3. The third kappa shape index (κ3) is 4.31. The van der Waals surface area contributed by atoms with Gasteiger partial charge in [-0.1, -0.05) is 6.07 Å². The number of nitrogens with two attached hydrogens (primary N) is 1. The Kier molecular flexibility index (Phi) is 5.58. The lowest BCUT2D eigenvalue weighted by atomic mass is 10.2. The summed E-state index contributed by atoms with van der Waals surface area (Å²) in [4.78, 5) is 22.5. The zero-order valence-electron chi connectivity index (χ0n) is 13.5. The van der Waals surface area contributed by atoms with E-state index in [-0.39, 0.29) is 35.8 Å². The van der Waals surface area contributed by atoms with Crippen molar-refractivity contribution in [2.24, 2.45) is 5.73 Å². The first-order valence-corrected chi connectivity index (χ1v) is 8.85. The van der Waals surface area contributed by atoms with Crippen LogP contribution in [0.2, 0.25) is 0 Å². The summed E-state index contributed by atoms with van der Waals surface area (Å²) in [6.45, 7) is 3.52. The van der Waals surface area contributed by atoms with E-state index in [0.29, 0.717) is 0 Å². The molecule has 132 valence electrons. The topological polar surface area (TPSA) is 116 Å². The van der Waals surface area contributed by atoms with E-state index in [1.54, 1.807) is 13.8 Å². The second-order valence-electron chi connectivity index (χ2n) is 5.65. The third-order valence-electron chi connectivity index (χ3n) is 3.44. The van der Waals surface area contributed by atoms with Crippen LogP contribution in [0.15, 0.2) is 29.2 Å². The molecular weight excluding hydrogens is 336 g/mol. The molecule has 2 N–H and O–H groups in total. The molecule has 0 bridgehead atoms. The van der Waals surface area contributed by atoms with Crippen molar-refractivity contribution in [3.63, 3.8) is 0 Å². The minimum atomic E-state index is -3.76. The summed E-state index contributed by atoms with van der Waals surface area (Å²) in [5.41, 5.74) is 4.94. The molecule has 1 aliphatic rings. The number of carbonyl (C=O) groups is 2. The lowest BCUT2D eigenvalue weighted by molar-refractivity contribution is -0.121. The molecule has 0 radical (unpaired) electrons. The summed E-state index contributed by atoms with van der Waals surface area (Å²) in [5.74, 6) is -1.60. The molecular formula is C15H20N2O6S. The third-order valence-corrected chi connectivity index (χ3v) is 5.27. The number of benzene rings is 1. The van der Waals surface area contributed by atoms with Crippen LogP contribution in [0.3, 0.4) is 0 Å². The minimum absolute atomic E-state index is 0.0164. The van der Waals surface area contributed by atoms with Gasteiger partial charge >= 0.3 is 5.97 Å². The second-order valence-corrected chi connectivity index (χ2v) is 7.59. The summed E-state index contributed by atoms with van der Waals surface area (Å²) in [5, 5.41) is 0. The number of hydrogen-bond acceptors (Lipinski definition) is 6. The standard InChI is InChI=1S/C15H20N2O6S/c1-10-7-17(8-11(2)23-10)24(20,21)13-5-3-4-12(6-13)15(19)22-9-14(16)18/h3-6,10-11H,7-9H2,1-2H3,(H2,16,18). The molecule has 1 aromatic rings. The highest BCUT2D eigenvalue weighted by atomic mass is 32.2. The van der Waals surface area contributed by atoms with Crippen LogP contribution in [0.1, 0.15) is 24.2 Å². The van der Waals surface area contributed by atoms with Gasteiger partial charge in [0.1, 0.15) is 0 Å². The van der Waals surface area contributed by atoms with Gasteiger partial charge in [0, 0.05) is 13.1 Å². The zero-order chi connectivity index (χ0) is 17.9. The second kappa shape index (κ2) is 7.29. The minimum Gasteiger partial charge on any atom is -0.452 e. The predicted molar refractivity (Wildman–Crippen MR) is 84.7 cm³/mol. The first-order valence-electron chi connectivity index (χ1n) is 7.41. The van der Waals surface area contributed by atoms with Crippen molar-refractivity contribution >= 4 is 21.9 Å². The van der Waals surface area contributed by atoms with Crippen molar-refractivity contribution in [2.75, 3.05) is 19.7 Å². The first kappa shape index (κ1) is 18.4. The van der Waals surface area contributed by atoms with Gasteiger partial charge in [-0.3, -0.25) is 4.79 Å². The van der Waals surface area contributed by atoms with Crippen LogP contribution in [-0.2, 0) is 24.3 Å². The number of nitrogens with zero attached hydrogens (tertiary/aromatic N) is 1. The first-order chi connectivity index (χ1) is 11.2. The fourth-order valence-corrected chi connectivity index (χ4v) is 4.12. The van der Waals surface area contributed by atoms with E-state index >= 15 is 0 Å². The van der Waals surface area contributed by atoms with Gasteiger partial charge in [-0.2, -0.15) is 4.31 Å². The van der Waals surface area contributed by atoms with E-state index in [0.717, 1.165) is 0 Å². The molecule has 1 heterocycles. The van der Waals surface area contributed by atoms with Crippen LogP contribution in [0.25, 0.3) is 0 Å². The Hall–Kier alpha value is -1.97. The van der Waals surface area contributed by atoms with E-state index in [2.05, 4.69) is 0 Å². The van der Waals surface area contributed by atoms with Crippen LogP contribution in [0.4, 0.5) is 0 Å². The molecule has 2 atom stereocenters. The van der Waals surface area contributed by atoms with Gasteiger partial charge in [-0.05, 0) is 32.0 Å². The highest BCUT2D eigenvalue weighted by Gasteiger charge is 2.32. The highest BCUT2D eigenvalue weighted by molar-refractivity contribution is 7.89. The van der Waals surface area contributed by atoms with E-state index in [9.17, 15) is 18.0 Å². The summed E-state index contributed by atoms with van der Waals surface area (Å²) in [6.07, 6.45) is -0.431.